The SMILES string of the molecule is COc1ccc(C(=O)N(CC(C)(C)C)c2ncccn2)c(N2CCC(COc3cc(C(CC(=O)O)C4CC4)ccn3)CC2)c1. The number of hydrogen-bond donors (Lipinski definition) is 1. The van der Waals surface area contributed by atoms with Crippen LogP contribution in [0.15, 0.2) is 55.0 Å². The third-order valence-corrected chi connectivity index (χ3v) is 8.30. The molecule has 1 unspecified atom stereocenters. The molecule has 2 fully saturated rings. The van der Waals surface area contributed by atoms with Gasteiger partial charge in [0.1, 0.15) is 5.75 Å². The predicted molar refractivity (Wildman–Crippen MR) is 169 cm³/mol. The van der Waals surface area contributed by atoms with E-state index in [1.807, 2.05) is 30.3 Å². The summed E-state index contributed by atoms with van der Waals surface area (Å²) in [7, 11) is 1.63. The van der Waals surface area contributed by atoms with Gasteiger partial charge in [-0.2, -0.15) is 0 Å². The summed E-state index contributed by atoms with van der Waals surface area (Å²) in [6, 6.07) is 11.2. The van der Waals surface area contributed by atoms with Crippen LogP contribution in [-0.2, 0) is 4.79 Å². The number of aromatic nitrogens is 3. The Bertz CT molecular complexity index is 1430. The molecule has 44 heavy (non-hydrogen) atoms. The summed E-state index contributed by atoms with van der Waals surface area (Å²) in [5, 5.41) is 9.38. The van der Waals surface area contributed by atoms with Crippen molar-refractivity contribution in [1.82, 2.24) is 15.0 Å². The molecular weight excluding hydrogens is 558 g/mol. The number of amides is 1. The fourth-order valence-corrected chi connectivity index (χ4v) is 5.89. The smallest absolute Gasteiger partial charge is 0.303 e. The van der Waals surface area contributed by atoms with Crippen molar-refractivity contribution in [2.45, 2.75) is 58.8 Å². The molecular formula is C34H43N5O5. The third kappa shape index (κ3) is 8.03. The molecule has 3 aromatic rings. The average Bonchev–Trinajstić information content (AvgIpc) is 3.87. The molecule has 2 aliphatic rings. The van der Waals surface area contributed by atoms with Crippen molar-refractivity contribution >= 4 is 23.5 Å². The molecule has 0 radical (unpaired) electrons. The number of benzene rings is 1. The van der Waals surface area contributed by atoms with E-state index >= 15 is 0 Å². The van der Waals surface area contributed by atoms with E-state index in [1.54, 1.807) is 36.7 Å². The lowest BCUT2D eigenvalue weighted by molar-refractivity contribution is -0.137. The summed E-state index contributed by atoms with van der Waals surface area (Å²) < 4.78 is 11.7. The van der Waals surface area contributed by atoms with Crippen LogP contribution < -0.4 is 19.3 Å². The van der Waals surface area contributed by atoms with Crippen LogP contribution in [0.2, 0.25) is 0 Å². The second kappa shape index (κ2) is 13.6. The van der Waals surface area contributed by atoms with Gasteiger partial charge in [0.25, 0.3) is 5.91 Å². The van der Waals surface area contributed by atoms with Crippen LogP contribution in [0.4, 0.5) is 11.6 Å². The molecule has 1 N–H and O–H groups in total. The van der Waals surface area contributed by atoms with Crippen molar-refractivity contribution in [2.24, 2.45) is 17.3 Å². The molecule has 2 aromatic heterocycles. The van der Waals surface area contributed by atoms with Gasteiger partial charge in [-0.3, -0.25) is 14.5 Å². The predicted octanol–water partition coefficient (Wildman–Crippen LogP) is 5.84. The van der Waals surface area contributed by atoms with Gasteiger partial charge in [0.05, 0.1) is 31.4 Å². The molecule has 5 rings (SSSR count). The van der Waals surface area contributed by atoms with Crippen LogP contribution in [0.3, 0.4) is 0 Å². The molecule has 1 saturated heterocycles. The molecule has 10 heteroatoms. The van der Waals surface area contributed by atoms with Gasteiger partial charge in [-0.25, -0.2) is 15.0 Å². The van der Waals surface area contributed by atoms with Crippen LogP contribution >= 0.6 is 0 Å². The van der Waals surface area contributed by atoms with Gasteiger partial charge in [0, 0.05) is 50.4 Å². The first-order valence-corrected chi connectivity index (χ1v) is 15.4. The topological polar surface area (TPSA) is 118 Å². The lowest BCUT2D eigenvalue weighted by atomic mass is 9.92. The fourth-order valence-electron chi connectivity index (χ4n) is 5.89. The molecule has 1 atom stereocenters. The molecule has 10 nitrogen and oxygen atoms in total. The van der Waals surface area contributed by atoms with Crippen molar-refractivity contribution in [3.63, 3.8) is 0 Å². The number of nitrogens with zero attached hydrogens (tertiary/aromatic N) is 5. The molecule has 1 aliphatic heterocycles. The average molecular weight is 602 g/mol. The maximum Gasteiger partial charge on any atom is 0.303 e. The van der Waals surface area contributed by atoms with Crippen LogP contribution in [-0.4, -0.2) is 65.3 Å². The van der Waals surface area contributed by atoms with Crippen LogP contribution in [0.1, 0.15) is 74.7 Å². The molecule has 0 bridgehead atoms. The van der Waals surface area contributed by atoms with Gasteiger partial charge >= 0.3 is 5.97 Å². The van der Waals surface area contributed by atoms with Gasteiger partial charge < -0.3 is 19.5 Å². The number of piperidine rings is 1. The Morgan fingerprint density at radius 3 is 2.39 bits per heavy atom. The van der Waals surface area contributed by atoms with E-state index in [-0.39, 0.29) is 23.7 Å². The number of carboxylic acids is 1. The van der Waals surface area contributed by atoms with Gasteiger partial charge in [0.2, 0.25) is 11.8 Å². The molecule has 1 aromatic carbocycles. The molecule has 3 heterocycles. The summed E-state index contributed by atoms with van der Waals surface area (Å²) in [6.07, 6.45) is 9.08. The minimum Gasteiger partial charge on any atom is -0.497 e. The van der Waals surface area contributed by atoms with E-state index < -0.39 is 5.97 Å². The number of carbonyl (C=O) groups excluding carboxylic acids is 1. The Kier molecular flexibility index (Phi) is 9.66. The number of rotatable bonds is 12. The van der Waals surface area contributed by atoms with Crippen molar-refractivity contribution in [2.75, 3.05) is 43.2 Å². The third-order valence-electron chi connectivity index (χ3n) is 8.30. The van der Waals surface area contributed by atoms with E-state index in [2.05, 4.69) is 40.6 Å². The number of hydrogen-bond acceptors (Lipinski definition) is 8. The molecule has 234 valence electrons. The van der Waals surface area contributed by atoms with Crippen LogP contribution in [0.25, 0.3) is 0 Å². The summed E-state index contributed by atoms with van der Waals surface area (Å²) in [4.78, 5) is 42.6. The Labute approximate surface area is 259 Å². The number of carboxylic acid groups (broad SMARTS) is 1. The van der Waals surface area contributed by atoms with Gasteiger partial charge in [-0.1, -0.05) is 20.8 Å². The van der Waals surface area contributed by atoms with Crippen LogP contribution in [0, 0.1) is 17.3 Å². The van der Waals surface area contributed by atoms with Gasteiger partial charge in [-0.15, -0.1) is 0 Å². The molecule has 1 saturated carbocycles. The largest absolute Gasteiger partial charge is 0.497 e. The highest BCUT2D eigenvalue weighted by Gasteiger charge is 2.34. The maximum atomic E-state index is 14.1. The standard InChI is InChI=1S/C34H43N5O5/c1-34(2,3)22-39(33-36-13-5-14-37-33)32(42)27-9-8-26(43-4)19-29(27)38-16-11-23(12-17-38)21-44-30-18-25(10-15-35-30)28(20-31(40)41)24-6-7-24/h5,8-10,13-15,18-19,23-24,28H,6-7,11-12,16-17,20-22H2,1-4H3,(H,40,41). The van der Waals surface area contributed by atoms with E-state index in [1.165, 1.54) is 0 Å². The summed E-state index contributed by atoms with van der Waals surface area (Å²) in [5.74, 6) is 1.47. The summed E-state index contributed by atoms with van der Waals surface area (Å²) >= 11 is 0. The van der Waals surface area contributed by atoms with E-state index in [4.69, 9.17) is 9.47 Å². The second-order valence-corrected chi connectivity index (χ2v) is 13.1. The monoisotopic (exact) mass is 601 g/mol. The Morgan fingerprint density at radius 1 is 1.02 bits per heavy atom. The van der Waals surface area contributed by atoms with E-state index in [0.29, 0.717) is 48.1 Å². The number of anilines is 2. The lowest BCUT2D eigenvalue weighted by Crippen LogP contribution is -2.41. The Balaban J connectivity index is 1.26. The van der Waals surface area contributed by atoms with Crippen molar-refractivity contribution in [3.8, 4) is 11.6 Å². The highest BCUT2D eigenvalue weighted by molar-refractivity contribution is 6.09. The first-order valence-electron chi connectivity index (χ1n) is 15.4. The second-order valence-electron chi connectivity index (χ2n) is 13.1. The highest BCUT2D eigenvalue weighted by atomic mass is 16.5. The Morgan fingerprint density at radius 2 is 1.75 bits per heavy atom. The number of carbonyl (C=O) groups is 2. The maximum absolute atomic E-state index is 14.1. The van der Waals surface area contributed by atoms with E-state index in [0.717, 1.165) is 50.0 Å². The van der Waals surface area contributed by atoms with Crippen molar-refractivity contribution < 1.29 is 24.2 Å². The fraction of sp³-hybridized carbons (Fsp3) is 0.500. The number of aliphatic carboxylic acids is 1. The first kappa shape index (κ1) is 31.2. The van der Waals surface area contributed by atoms with Crippen LogP contribution in [0.5, 0.6) is 11.6 Å². The minimum atomic E-state index is -0.774. The van der Waals surface area contributed by atoms with Gasteiger partial charge in [0.15, 0.2) is 0 Å². The highest BCUT2D eigenvalue weighted by Crippen LogP contribution is 2.45. The summed E-state index contributed by atoms with van der Waals surface area (Å²) in [5.41, 5.74) is 2.25. The zero-order valence-electron chi connectivity index (χ0n) is 26.1. The number of ether oxygens (including phenoxy) is 2. The zero-order valence-corrected chi connectivity index (χ0v) is 26.1. The van der Waals surface area contributed by atoms with Crippen molar-refractivity contribution in [3.05, 3.63) is 66.1 Å². The quantitative estimate of drug-likeness (QED) is 0.273. The van der Waals surface area contributed by atoms with E-state index in [9.17, 15) is 14.7 Å². The number of methoxy groups -OCH3 is 1. The Hall–Kier alpha value is -4.21. The summed E-state index contributed by atoms with van der Waals surface area (Å²) in [6.45, 7) is 8.79. The first-order chi connectivity index (χ1) is 21.1. The minimum absolute atomic E-state index is 0.00799. The zero-order chi connectivity index (χ0) is 31.3. The number of pyridine rings is 1. The normalized spacial score (nSPS) is 16.3. The molecule has 1 aliphatic carbocycles. The lowest BCUT2D eigenvalue weighted by Gasteiger charge is -2.35. The van der Waals surface area contributed by atoms with Gasteiger partial charge in [-0.05, 0) is 78.7 Å². The molecule has 0 spiro atoms. The molecule has 1 amide bonds. The van der Waals surface area contributed by atoms with Crippen molar-refractivity contribution in [1.29, 1.82) is 0 Å².